The maximum Gasteiger partial charge on any atom is 0.321 e. The van der Waals surface area contributed by atoms with Gasteiger partial charge in [0.1, 0.15) is 0 Å². The van der Waals surface area contributed by atoms with Crippen LogP contribution in [-0.4, -0.2) is 34.7 Å². The zero-order valence-corrected chi connectivity index (χ0v) is 15.8. The van der Waals surface area contributed by atoms with Crippen molar-refractivity contribution in [1.29, 1.82) is 0 Å². The van der Waals surface area contributed by atoms with Gasteiger partial charge in [-0.3, -0.25) is 0 Å². The smallest absolute Gasteiger partial charge is 0.321 e. The highest BCUT2D eigenvalue weighted by Crippen LogP contribution is 2.28. The summed E-state index contributed by atoms with van der Waals surface area (Å²) in [7, 11) is 0. The monoisotopic (exact) mass is 352 g/mol. The van der Waals surface area contributed by atoms with E-state index in [9.17, 15) is 9.90 Å². The van der Waals surface area contributed by atoms with Gasteiger partial charge in [-0.05, 0) is 62.4 Å². The first-order valence-electron chi connectivity index (χ1n) is 9.29. The van der Waals surface area contributed by atoms with Crippen LogP contribution in [0.1, 0.15) is 32.3 Å². The van der Waals surface area contributed by atoms with E-state index in [1.807, 2.05) is 49.1 Å². The fourth-order valence-electron chi connectivity index (χ4n) is 3.60. The van der Waals surface area contributed by atoms with Crippen LogP contribution in [0, 0.1) is 12.8 Å². The van der Waals surface area contributed by atoms with Gasteiger partial charge in [-0.25, -0.2) is 4.79 Å². The molecule has 1 heterocycles. The van der Waals surface area contributed by atoms with E-state index in [-0.39, 0.29) is 11.9 Å². The van der Waals surface area contributed by atoms with Crippen LogP contribution in [0.3, 0.4) is 0 Å². The van der Waals surface area contributed by atoms with Gasteiger partial charge >= 0.3 is 6.03 Å². The summed E-state index contributed by atoms with van der Waals surface area (Å²) in [6.45, 7) is 7.06. The van der Waals surface area contributed by atoms with E-state index in [0.717, 1.165) is 30.6 Å². The third-order valence-electron chi connectivity index (χ3n) is 5.28. The second-order valence-electron chi connectivity index (χ2n) is 7.76. The van der Waals surface area contributed by atoms with Crippen LogP contribution < -0.4 is 5.32 Å². The largest absolute Gasteiger partial charge is 0.390 e. The number of urea groups is 1. The van der Waals surface area contributed by atoms with E-state index in [4.69, 9.17) is 0 Å². The molecular formula is C22H28N2O2. The van der Waals surface area contributed by atoms with Gasteiger partial charge in [0.25, 0.3) is 0 Å². The molecule has 26 heavy (non-hydrogen) atoms. The second-order valence-corrected chi connectivity index (χ2v) is 7.76. The summed E-state index contributed by atoms with van der Waals surface area (Å²) < 4.78 is 0. The number of anilines is 1. The van der Waals surface area contributed by atoms with Gasteiger partial charge in [0, 0.05) is 24.7 Å². The zero-order chi connectivity index (χ0) is 18.7. The summed E-state index contributed by atoms with van der Waals surface area (Å²) in [5.41, 5.74) is 3.50. The highest BCUT2D eigenvalue weighted by atomic mass is 16.3. The summed E-state index contributed by atoms with van der Waals surface area (Å²) in [6, 6.07) is 16.1. The number of aliphatic hydroxyl groups is 1. The van der Waals surface area contributed by atoms with Crippen LogP contribution in [-0.2, 0) is 0 Å². The molecule has 1 atom stereocenters. The first kappa shape index (κ1) is 18.5. The van der Waals surface area contributed by atoms with E-state index in [0.29, 0.717) is 6.54 Å². The van der Waals surface area contributed by atoms with Crippen LogP contribution in [0.25, 0.3) is 11.1 Å². The molecule has 3 rings (SSSR count). The molecule has 1 unspecified atom stereocenters. The van der Waals surface area contributed by atoms with Crippen molar-refractivity contribution in [2.45, 2.75) is 39.2 Å². The Hall–Kier alpha value is -2.33. The van der Waals surface area contributed by atoms with Gasteiger partial charge in [0.05, 0.1) is 5.60 Å². The van der Waals surface area contributed by atoms with E-state index in [1.54, 1.807) is 0 Å². The van der Waals surface area contributed by atoms with Crippen molar-refractivity contribution in [3.05, 3.63) is 54.1 Å². The van der Waals surface area contributed by atoms with Gasteiger partial charge in [-0.15, -0.1) is 0 Å². The fraction of sp³-hybridized carbons (Fsp3) is 0.409. The highest BCUT2D eigenvalue weighted by Gasteiger charge is 2.33. The van der Waals surface area contributed by atoms with Gasteiger partial charge in [0.15, 0.2) is 0 Å². The Morgan fingerprint density at radius 3 is 2.69 bits per heavy atom. The van der Waals surface area contributed by atoms with E-state index in [2.05, 4.69) is 30.4 Å². The lowest BCUT2D eigenvalue weighted by Gasteiger charge is -2.38. The highest BCUT2D eigenvalue weighted by molar-refractivity contribution is 5.90. The molecule has 0 radical (unpaired) electrons. The Bertz CT molecular complexity index is 780. The molecule has 2 N–H and O–H groups in total. The summed E-state index contributed by atoms with van der Waals surface area (Å²) >= 11 is 0. The molecular weight excluding hydrogens is 324 g/mol. The third kappa shape index (κ3) is 4.25. The number of carbonyl (C=O) groups is 1. The molecule has 138 valence electrons. The second kappa shape index (κ2) is 7.50. The average molecular weight is 352 g/mol. The Morgan fingerprint density at radius 2 is 1.96 bits per heavy atom. The molecule has 2 aromatic rings. The number of nitrogens with zero attached hydrogens (tertiary/aromatic N) is 1. The van der Waals surface area contributed by atoms with E-state index >= 15 is 0 Å². The van der Waals surface area contributed by atoms with Gasteiger partial charge in [-0.2, -0.15) is 0 Å². The molecule has 0 saturated carbocycles. The first-order chi connectivity index (χ1) is 12.3. The Labute approximate surface area is 155 Å². The summed E-state index contributed by atoms with van der Waals surface area (Å²) in [6.07, 6.45) is 1.88. The average Bonchev–Trinajstić information content (AvgIpc) is 2.62. The molecule has 2 amide bonds. The lowest BCUT2D eigenvalue weighted by atomic mass is 9.84. The van der Waals surface area contributed by atoms with Crippen molar-refractivity contribution in [3.63, 3.8) is 0 Å². The van der Waals surface area contributed by atoms with Crippen molar-refractivity contribution < 1.29 is 9.90 Å². The number of hydrogen-bond donors (Lipinski definition) is 2. The number of amides is 2. The molecule has 0 bridgehead atoms. The number of aryl methyl sites for hydroxylation is 1. The predicted molar refractivity (Wildman–Crippen MR) is 106 cm³/mol. The zero-order valence-electron chi connectivity index (χ0n) is 15.8. The number of carbonyl (C=O) groups excluding carboxylic acids is 1. The van der Waals surface area contributed by atoms with Crippen molar-refractivity contribution >= 4 is 11.7 Å². The van der Waals surface area contributed by atoms with E-state index < -0.39 is 5.60 Å². The number of hydrogen-bond acceptors (Lipinski definition) is 2. The van der Waals surface area contributed by atoms with Crippen molar-refractivity contribution in [2.75, 3.05) is 18.4 Å². The van der Waals surface area contributed by atoms with E-state index in [1.165, 1.54) is 11.1 Å². The van der Waals surface area contributed by atoms with Gasteiger partial charge in [-0.1, -0.05) is 36.4 Å². The molecule has 4 heteroatoms. The molecule has 2 aromatic carbocycles. The first-order valence-corrected chi connectivity index (χ1v) is 9.29. The standard InChI is InChI=1S/C22H28N2O2/c1-16-8-4-5-12-20(16)17-9-6-11-19(14-17)23-21(25)24-13-7-10-18(15-24)22(2,3)26/h4-6,8-9,11-12,14,18,26H,7,10,13,15H2,1-3H3,(H,23,25). The molecule has 4 nitrogen and oxygen atoms in total. The predicted octanol–water partition coefficient (Wildman–Crippen LogP) is 4.68. The van der Waals surface area contributed by atoms with Crippen LogP contribution in [0.2, 0.25) is 0 Å². The lowest BCUT2D eigenvalue weighted by molar-refractivity contribution is -0.00973. The van der Waals surface area contributed by atoms with Crippen molar-refractivity contribution in [2.24, 2.45) is 5.92 Å². The Kier molecular flexibility index (Phi) is 5.33. The van der Waals surface area contributed by atoms with Gasteiger partial charge < -0.3 is 15.3 Å². The number of likely N-dealkylation sites (tertiary alicyclic amines) is 1. The minimum atomic E-state index is -0.760. The topological polar surface area (TPSA) is 52.6 Å². The minimum absolute atomic E-state index is 0.0964. The third-order valence-corrected chi connectivity index (χ3v) is 5.28. The fourth-order valence-corrected chi connectivity index (χ4v) is 3.60. The number of nitrogens with one attached hydrogen (secondary N) is 1. The lowest BCUT2D eigenvalue weighted by Crippen LogP contribution is -2.48. The summed E-state index contributed by atoms with van der Waals surface area (Å²) in [5, 5.41) is 13.3. The van der Waals surface area contributed by atoms with Crippen molar-refractivity contribution in [3.8, 4) is 11.1 Å². The number of benzene rings is 2. The maximum absolute atomic E-state index is 12.7. The van der Waals surface area contributed by atoms with Gasteiger partial charge in [0.2, 0.25) is 0 Å². The Balaban J connectivity index is 1.72. The molecule has 0 aromatic heterocycles. The molecule has 1 saturated heterocycles. The van der Waals surface area contributed by atoms with Crippen LogP contribution in [0.5, 0.6) is 0 Å². The summed E-state index contributed by atoms with van der Waals surface area (Å²) in [4.78, 5) is 14.5. The van der Waals surface area contributed by atoms with Crippen LogP contribution >= 0.6 is 0 Å². The molecule has 1 fully saturated rings. The van der Waals surface area contributed by atoms with Crippen LogP contribution in [0.4, 0.5) is 10.5 Å². The quantitative estimate of drug-likeness (QED) is 0.843. The number of piperidine rings is 1. The summed E-state index contributed by atoms with van der Waals surface area (Å²) in [5.74, 6) is 0.111. The molecule has 1 aliphatic heterocycles. The normalized spacial score (nSPS) is 17.8. The molecule has 1 aliphatic rings. The molecule has 0 aliphatic carbocycles. The minimum Gasteiger partial charge on any atom is -0.390 e. The SMILES string of the molecule is Cc1ccccc1-c1cccc(NC(=O)N2CCCC(C(C)(C)O)C2)c1. The maximum atomic E-state index is 12.7. The Morgan fingerprint density at radius 1 is 1.19 bits per heavy atom. The van der Waals surface area contributed by atoms with Crippen LogP contribution in [0.15, 0.2) is 48.5 Å². The molecule has 0 spiro atoms. The number of rotatable bonds is 3. The van der Waals surface area contributed by atoms with Crippen molar-refractivity contribution in [1.82, 2.24) is 4.90 Å².